The molecule has 4 rings (SSSR count). The van der Waals surface area contributed by atoms with Crippen LogP contribution in [0.5, 0.6) is 5.75 Å². The van der Waals surface area contributed by atoms with Crippen molar-refractivity contribution in [3.63, 3.8) is 0 Å². The predicted molar refractivity (Wildman–Crippen MR) is 89.4 cm³/mol. The van der Waals surface area contributed by atoms with Crippen molar-refractivity contribution in [1.82, 2.24) is 5.32 Å². The number of amides is 1. The third-order valence-electron chi connectivity index (χ3n) is 4.98. The average Bonchev–Trinajstić information content (AvgIpc) is 3.24. The molecule has 124 valence electrons. The van der Waals surface area contributed by atoms with Gasteiger partial charge in [-0.1, -0.05) is 18.2 Å². The van der Waals surface area contributed by atoms with Crippen LogP contribution in [0.2, 0.25) is 0 Å². The zero-order valence-corrected chi connectivity index (χ0v) is 13.6. The normalized spacial score (nSPS) is 22.4. The second-order valence-corrected chi connectivity index (χ2v) is 6.70. The molecular formula is C20H20FNO2. The van der Waals surface area contributed by atoms with Gasteiger partial charge in [-0.2, -0.15) is 0 Å². The molecule has 4 heteroatoms. The summed E-state index contributed by atoms with van der Waals surface area (Å²) in [6.07, 6.45) is 1.72. The molecule has 0 saturated heterocycles. The number of rotatable bonds is 4. The largest absolute Gasteiger partial charge is 0.493 e. The maximum atomic E-state index is 13.3. The highest BCUT2D eigenvalue weighted by Gasteiger charge is 2.44. The summed E-state index contributed by atoms with van der Waals surface area (Å²) in [6.45, 7) is 2.73. The van der Waals surface area contributed by atoms with E-state index >= 15 is 0 Å². The van der Waals surface area contributed by atoms with Crippen molar-refractivity contribution < 1.29 is 13.9 Å². The minimum absolute atomic E-state index is 0.0443. The van der Waals surface area contributed by atoms with Gasteiger partial charge in [0.05, 0.1) is 12.6 Å². The van der Waals surface area contributed by atoms with Gasteiger partial charge in [-0.3, -0.25) is 4.79 Å². The average molecular weight is 325 g/mol. The molecule has 2 aromatic rings. The van der Waals surface area contributed by atoms with E-state index in [0.29, 0.717) is 0 Å². The van der Waals surface area contributed by atoms with Crippen molar-refractivity contribution >= 4 is 5.91 Å². The van der Waals surface area contributed by atoms with Gasteiger partial charge in [-0.25, -0.2) is 4.39 Å². The van der Waals surface area contributed by atoms with Crippen molar-refractivity contribution in [2.24, 2.45) is 5.92 Å². The summed E-state index contributed by atoms with van der Waals surface area (Å²) >= 11 is 0. The fraction of sp³-hybridized carbons (Fsp3) is 0.350. The number of halogens is 1. The Labute approximate surface area is 140 Å². The highest BCUT2D eigenvalue weighted by atomic mass is 19.1. The number of carbonyl (C=O) groups is 1. The number of benzene rings is 2. The summed E-state index contributed by atoms with van der Waals surface area (Å²) in [5, 5.41) is 3.09. The van der Waals surface area contributed by atoms with Crippen LogP contribution in [0.4, 0.5) is 4.39 Å². The van der Waals surface area contributed by atoms with Gasteiger partial charge in [-0.05, 0) is 60.2 Å². The van der Waals surface area contributed by atoms with Crippen LogP contribution >= 0.6 is 0 Å². The number of nitrogens with one attached hydrogen (secondary N) is 1. The van der Waals surface area contributed by atoms with Gasteiger partial charge in [0.25, 0.3) is 0 Å². The molecule has 24 heavy (non-hydrogen) atoms. The molecule has 3 nitrogen and oxygen atoms in total. The molecule has 3 unspecified atom stereocenters. The molecular weight excluding hydrogens is 305 g/mol. The Morgan fingerprint density at radius 3 is 3.00 bits per heavy atom. The summed E-state index contributed by atoms with van der Waals surface area (Å²) in [4.78, 5) is 12.5. The van der Waals surface area contributed by atoms with Crippen LogP contribution in [0.15, 0.2) is 42.5 Å². The maximum Gasteiger partial charge on any atom is 0.224 e. The lowest BCUT2D eigenvalue weighted by atomic mass is 10.0. The fourth-order valence-electron chi connectivity index (χ4n) is 3.47. The highest BCUT2D eigenvalue weighted by Crippen LogP contribution is 2.47. The molecule has 0 bridgehead atoms. The van der Waals surface area contributed by atoms with Crippen LogP contribution in [-0.4, -0.2) is 12.5 Å². The molecule has 1 amide bonds. The zero-order chi connectivity index (χ0) is 16.7. The van der Waals surface area contributed by atoms with Gasteiger partial charge in [0, 0.05) is 12.3 Å². The molecule has 1 aliphatic carbocycles. The minimum Gasteiger partial charge on any atom is -0.493 e. The van der Waals surface area contributed by atoms with E-state index in [1.165, 1.54) is 17.7 Å². The van der Waals surface area contributed by atoms with Gasteiger partial charge in [-0.15, -0.1) is 0 Å². The molecule has 0 spiro atoms. The molecule has 1 heterocycles. The number of ether oxygens (including phenoxy) is 1. The maximum absolute atomic E-state index is 13.3. The summed E-state index contributed by atoms with van der Waals surface area (Å²) in [5.41, 5.74) is 3.21. The first kappa shape index (κ1) is 15.2. The molecule has 0 radical (unpaired) electrons. The summed E-state index contributed by atoms with van der Waals surface area (Å²) in [5.74, 6) is 0.847. The smallest absolute Gasteiger partial charge is 0.224 e. The van der Waals surface area contributed by atoms with Crippen LogP contribution in [-0.2, 0) is 11.2 Å². The molecule has 1 N–H and O–H groups in total. The Hall–Kier alpha value is -2.36. The Morgan fingerprint density at radius 1 is 1.29 bits per heavy atom. The second kappa shape index (κ2) is 5.93. The number of carbonyl (C=O) groups excluding carboxylic acids is 1. The first-order valence-corrected chi connectivity index (χ1v) is 8.43. The van der Waals surface area contributed by atoms with Crippen LogP contribution in [0.1, 0.15) is 42.0 Å². The quantitative estimate of drug-likeness (QED) is 0.930. The highest BCUT2D eigenvalue weighted by molar-refractivity contribution is 5.83. The van der Waals surface area contributed by atoms with Crippen molar-refractivity contribution in [3.8, 4) is 5.75 Å². The third kappa shape index (κ3) is 2.88. The standard InChI is InChI=1S/C20H20FNO2/c1-12(13-5-6-19-15(9-13)7-8-24-19)22-20(23)18-11-17(18)14-3-2-4-16(21)10-14/h2-6,9-10,12,17-18H,7-8,11H2,1H3,(H,22,23). The van der Waals surface area contributed by atoms with E-state index in [0.717, 1.165) is 36.3 Å². The van der Waals surface area contributed by atoms with E-state index in [1.54, 1.807) is 6.07 Å². The van der Waals surface area contributed by atoms with E-state index in [1.807, 2.05) is 25.1 Å². The SMILES string of the molecule is CC(NC(=O)C1CC1c1cccc(F)c1)c1ccc2c(c1)CCO2. The Kier molecular flexibility index (Phi) is 3.75. The molecule has 3 atom stereocenters. The molecule has 2 aliphatic rings. The monoisotopic (exact) mass is 325 g/mol. The van der Waals surface area contributed by atoms with Crippen LogP contribution in [0, 0.1) is 11.7 Å². The molecule has 1 aliphatic heterocycles. The fourth-order valence-corrected chi connectivity index (χ4v) is 3.47. The number of hydrogen-bond donors (Lipinski definition) is 1. The minimum atomic E-state index is -0.243. The van der Waals surface area contributed by atoms with Crippen LogP contribution in [0.25, 0.3) is 0 Å². The third-order valence-corrected chi connectivity index (χ3v) is 4.98. The first-order chi connectivity index (χ1) is 11.6. The van der Waals surface area contributed by atoms with Gasteiger partial charge < -0.3 is 10.1 Å². The molecule has 0 aromatic heterocycles. The van der Waals surface area contributed by atoms with E-state index in [-0.39, 0.29) is 29.6 Å². The van der Waals surface area contributed by atoms with Gasteiger partial charge in [0.1, 0.15) is 11.6 Å². The lowest BCUT2D eigenvalue weighted by molar-refractivity contribution is -0.123. The second-order valence-electron chi connectivity index (χ2n) is 6.70. The predicted octanol–water partition coefficient (Wildman–Crippen LogP) is 3.74. The number of hydrogen-bond acceptors (Lipinski definition) is 2. The number of fused-ring (bicyclic) bond motifs is 1. The van der Waals surface area contributed by atoms with E-state index in [4.69, 9.17) is 4.74 Å². The van der Waals surface area contributed by atoms with Crippen molar-refractivity contribution in [2.75, 3.05) is 6.61 Å². The van der Waals surface area contributed by atoms with Crippen LogP contribution < -0.4 is 10.1 Å². The van der Waals surface area contributed by atoms with Crippen molar-refractivity contribution in [2.45, 2.75) is 31.7 Å². The molecule has 1 fully saturated rings. The van der Waals surface area contributed by atoms with Gasteiger partial charge in [0.15, 0.2) is 0 Å². The van der Waals surface area contributed by atoms with Gasteiger partial charge >= 0.3 is 0 Å². The lowest BCUT2D eigenvalue weighted by Gasteiger charge is -2.15. The van der Waals surface area contributed by atoms with E-state index in [2.05, 4.69) is 11.4 Å². The Morgan fingerprint density at radius 2 is 2.17 bits per heavy atom. The molecule has 1 saturated carbocycles. The summed E-state index contributed by atoms with van der Waals surface area (Å²) in [7, 11) is 0. The first-order valence-electron chi connectivity index (χ1n) is 8.43. The van der Waals surface area contributed by atoms with Crippen molar-refractivity contribution in [1.29, 1.82) is 0 Å². The van der Waals surface area contributed by atoms with E-state index in [9.17, 15) is 9.18 Å². The topological polar surface area (TPSA) is 38.3 Å². The zero-order valence-electron chi connectivity index (χ0n) is 13.6. The Bertz CT molecular complexity index is 789. The summed E-state index contributed by atoms with van der Waals surface area (Å²) in [6, 6.07) is 12.6. The van der Waals surface area contributed by atoms with Crippen LogP contribution in [0.3, 0.4) is 0 Å². The summed E-state index contributed by atoms with van der Waals surface area (Å²) < 4.78 is 18.8. The van der Waals surface area contributed by atoms with Crippen molar-refractivity contribution in [3.05, 3.63) is 65.0 Å². The molecule has 2 aromatic carbocycles. The van der Waals surface area contributed by atoms with Gasteiger partial charge in [0.2, 0.25) is 5.91 Å². The van der Waals surface area contributed by atoms with E-state index < -0.39 is 0 Å². The lowest BCUT2D eigenvalue weighted by Crippen LogP contribution is -2.28. The Balaban J connectivity index is 1.40.